The average molecular weight is 545 g/mol. The molecule has 5 aromatic rings. The molecule has 0 aliphatic rings. The number of anilines is 1. The summed E-state index contributed by atoms with van der Waals surface area (Å²) in [6.45, 7) is 0.243. The van der Waals surface area contributed by atoms with Crippen molar-refractivity contribution in [2.24, 2.45) is 5.10 Å². The number of benzene rings is 3. The molecule has 0 bridgehead atoms. The Balaban J connectivity index is 1.28. The second-order valence-corrected chi connectivity index (χ2v) is 8.43. The summed E-state index contributed by atoms with van der Waals surface area (Å²) in [5.41, 5.74) is 10.1. The zero-order valence-corrected chi connectivity index (χ0v) is 21.0. The number of nitrogens with two attached hydrogens (primary N) is 1. The van der Waals surface area contributed by atoms with E-state index in [1.165, 1.54) is 10.9 Å². The molecule has 196 valence electrons. The van der Waals surface area contributed by atoms with E-state index < -0.39 is 5.91 Å². The Kier molecular flexibility index (Phi) is 7.74. The van der Waals surface area contributed by atoms with Crippen molar-refractivity contribution in [3.8, 4) is 17.3 Å². The number of nitrogen functional groups attached to an aromatic ring is 1. The molecule has 0 aliphatic carbocycles. The maximum atomic E-state index is 13.0. The molecule has 3 aromatic carbocycles. The summed E-state index contributed by atoms with van der Waals surface area (Å²) < 4.78 is 17.5. The fourth-order valence-electron chi connectivity index (χ4n) is 3.46. The van der Waals surface area contributed by atoms with Crippen molar-refractivity contribution < 1.29 is 18.9 Å². The number of rotatable bonds is 10. The highest BCUT2D eigenvalue weighted by atomic mass is 35.5. The molecule has 0 fully saturated rings. The number of carbonyl (C=O) groups is 1. The van der Waals surface area contributed by atoms with E-state index in [0.717, 1.165) is 5.56 Å². The number of ether oxygens (including phenoxy) is 2. The van der Waals surface area contributed by atoms with Gasteiger partial charge in [0.2, 0.25) is 11.6 Å². The summed E-state index contributed by atoms with van der Waals surface area (Å²) in [6, 6.07) is 23.7. The van der Waals surface area contributed by atoms with Gasteiger partial charge < -0.3 is 15.2 Å². The Morgan fingerprint density at radius 2 is 1.77 bits per heavy atom. The molecular weight excluding hydrogens is 524 g/mol. The van der Waals surface area contributed by atoms with Gasteiger partial charge in [0, 0.05) is 10.6 Å². The van der Waals surface area contributed by atoms with Crippen LogP contribution in [-0.2, 0) is 13.2 Å². The molecule has 1 amide bonds. The summed E-state index contributed by atoms with van der Waals surface area (Å²) in [7, 11) is 0. The van der Waals surface area contributed by atoms with E-state index in [-0.39, 0.29) is 29.6 Å². The summed E-state index contributed by atoms with van der Waals surface area (Å²) in [5.74, 6) is 0.628. The predicted octanol–water partition coefficient (Wildman–Crippen LogP) is 3.81. The minimum atomic E-state index is -0.620. The van der Waals surface area contributed by atoms with Gasteiger partial charge in [0.05, 0.1) is 6.21 Å². The molecule has 0 radical (unpaired) electrons. The van der Waals surface area contributed by atoms with Crippen LogP contribution in [0.15, 0.2) is 88.6 Å². The third-order valence-electron chi connectivity index (χ3n) is 5.38. The highest BCUT2D eigenvalue weighted by Crippen LogP contribution is 2.20. The number of aromatic nitrogens is 5. The van der Waals surface area contributed by atoms with Crippen molar-refractivity contribution in [1.29, 1.82) is 0 Å². The summed E-state index contributed by atoms with van der Waals surface area (Å²) in [4.78, 5) is 13.0. The Bertz CT molecular complexity index is 1600. The smallest absolute Gasteiger partial charge is 0.293 e. The minimum Gasteiger partial charge on any atom is -0.489 e. The molecule has 0 saturated heterocycles. The molecule has 39 heavy (non-hydrogen) atoms. The Hall–Kier alpha value is -5.23. The lowest BCUT2D eigenvalue weighted by atomic mass is 10.2. The minimum absolute atomic E-state index is 0.0255. The summed E-state index contributed by atoms with van der Waals surface area (Å²) in [6.07, 6.45) is 1.48. The molecule has 12 nitrogen and oxygen atoms in total. The topological polar surface area (TPSA) is 156 Å². The Labute approximate surface area is 226 Å². The highest BCUT2D eigenvalue weighted by Gasteiger charge is 2.24. The van der Waals surface area contributed by atoms with Crippen molar-refractivity contribution in [1.82, 2.24) is 30.7 Å². The lowest BCUT2D eigenvalue weighted by Crippen LogP contribution is -2.21. The standard InChI is InChI=1S/C26H21ClN8O4/c27-21-12-5-4-8-18(21)15-37-20-11-6-7-17(13-20)14-29-31-26(36)23-22(16-38-19-9-2-1-3-10-19)35(34-30-23)25-24(28)32-39-33-25/h1-14H,15-16H2,(H2,28,32)(H,31,36)/b29-14+. The number of hydrogen-bond acceptors (Lipinski definition) is 10. The largest absolute Gasteiger partial charge is 0.489 e. The second kappa shape index (κ2) is 11.9. The summed E-state index contributed by atoms with van der Waals surface area (Å²) in [5, 5.41) is 19.9. The van der Waals surface area contributed by atoms with Crippen LogP contribution in [0.3, 0.4) is 0 Å². The van der Waals surface area contributed by atoms with E-state index in [2.05, 4.69) is 35.8 Å². The number of nitrogens with zero attached hydrogens (tertiary/aromatic N) is 6. The number of nitrogens with one attached hydrogen (secondary N) is 1. The lowest BCUT2D eigenvalue weighted by Gasteiger charge is -2.08. The number of amides is 1. The quantitative estimate of drug-likeness (QED) is 0.197. The van der Waals surface area contributed by atoms with Gasteiger partial charge >= 0.3 is 0 Å². The molecule has 0 atom stereocenters. The van der Waals surface area contributed by atoms with Crippen LogP contribution >= 0.6 is 11.6 Å². The first-order valence-electron chi connectivity index (χ1n) is 11.6. The molecular formula is C26H21ClN8O4. The van der Waals surface area contributed by atoms with Gasteiger partial charge in [-0.15, -0.1) is 5.10 Å². The van der Waals surface area contributed by atoms with E-state index >= 15 is 0 Å². The predicted molar refractivity (Wildman–Crippen MR) is 142 cm³/mol. The van der Waals surface area contributed by atoms with Crippen molar-refractivity contribution in [3.63, 3.8) is 0 Å². The van der Waals surface area contributed by atoms with Gasteiger partial charge in [-0.3, -0.25) is 4.79 Å². The van der Waals surface area contributed by atoms with Crippen LogP contribution in [0.4, 0.5) is 5.82 Å². The highest BCUT2D eigenvalue weighted by molar-refractivity contribution is 6.31. The first kappa shape index (κ1) is 25.4. The number of hydrogen-bond donors (Lipinski definition) is 2. The number of halogens is 1. The third-order valence-corrected chi connectivity index (χ3v) is 5.75. The Morgan fingerprint density at radius 3 is 2.56 bits per heavy atom. The van der Waals surface area contributed by atoms with E-state index in [0.29, 0.717) is 28.7 Å². The van der Waals surface area contributed by atoms with E-state index in [9.17, 15) is 4.79 Å². The molecule has 2 aromatic heterocycles. The average Bonchev–Trinajstić information content (AvgIpc) is 3.57. The van der Waals surface area contributed by atoms with Crippen LogP contribution in [0.25, 0.3) is 5.82 Å². The van der Waals surface area contributed by atoms with Crippen LogP contribution < -0.4 is 20.6 Å². The van der Waals surface area contributed by atoms with Gasteiger partial charge in [0.15, 0.2) is 5.69 Å². The zero-order chi connectivity index (χ0) is 27.0. The van der Waals surface area contributed by atoms with Crippen molar-refractivity contribution in [2.45, 2.75) is 13.2 Å². The van der Waals surface area contributed by atoms with Crippen molar-refractivity contribution >= 4 is 29.5 Å². The number of para-hydroxylation sites is 1. The molecule has 13 heteroatoms. The van der Waals surface area contributed by atoms with E-state index in [4.69, 9.17) is 26.8 Å². The van der Waals surface area contributed by atoms with Crippen LogP contribution in [0.5, 0.6) is 11.5 Å². The molecule has 0 aliphatic heterocycles. The fourth-order valence-corrected chi connectivity index (χ4v) is 3.65. The summed E-state index contributed by atoms with van der Waals surface area (Å²) >= 11 is 6.19. The van der Waals surface area contributed by atoms with E-state index in [1.807, 2.05) is 54.6 Å². The molecule has 3 N–H and O–H groups in total. The van der Waals surface area contributed by atoms with Crippen LogP contribution in [0, 0.1) is 0 Å². The number of carbonyl (C=O) groups excluding carboxylic acids is 1. The van der Waals surface area contributed by atoms with Crippen molar-refractivity contribution in [2.75, 3.05) is 5.73 Å². The first-order chi connectivity index (χ1) is 19.1. The number of hydrazone groups is 1. The normalized spacial score (nSPS) is 11.0. The molecule has 0 unspecified atom stereocenters. The Morgan fingerprint density at radius 1 is 1.00 bits per heavy atom. The molecule has 0 saturated carbocycles. The van der Waals surface area contributed by atoms with E-state index in [1.54, 1.807) is 24.3 Å². The SMILES string of the molecule is Nc1nonc1-n1nnc(C(=O)N/N=C/c2cccc(OCc3ccccc3Cl)c2)c1COc1ccccc1. The third kappa shape index (κ3) is 6.19. The first-order valence-corrected chi connectivity index (χ1v) is 12.0. The van der Waals surface area contributed by atoms with Crippen LogP contribution in [-0.4, -0.2) is 37.4 Å². The molecule has 0 spiro atoms. The van der Waals surface area contributed by atoms with Gasteiger partial charge in [0.25, 0.3) is 5.91 Å². The monoisotopic (exact) mass is 544 g/mol. The maximum absolute atomic E-state index is 13.0. The molecule has 2 heterocycles. The van der Waals surface area contributed by atoms with Gasteiger partial charge in [-0.1, -0.05) is 65.3 Å². The second-order valence-electron chi connectivity index (χ2n) is 8.02. The fraction of sp³-hybridized carbons (Fsp3) is 0.0769. The van der Waals surface area contributed by atoms with Gasteiger partial charge in [-0.25, -0.2) is 10.1 Å². The maximum Gasteiger partial charge on any atom is 0.293 e. The van der Waals surface area contributed by atoms with Gasteiger partial charge in [-0.05, 0) is 46.2 Å². The van der Waals surface area contributed by atoms with Crippen LogP contribution in [0.2, 0.25) is 5.02 Å². The van der Waals surface area contributed by atoms with Crippen molar-refractivity contribution in [3.05, 3.63) is 106 Å². The lowest BCUT2D eigenvalue weighted by molar-refractivity contribution is 0.0947. The molecule has 5 rings (SSSR count). The van der Waals surface area contributed by atoms with Gasteiger partial charge in [0.1, 0.15) is 30.4 Å². The van der Waals surface area contributed by atoms with Gasteiger partial charge in [-0.2, -0.15) is 9.78 Å². The van der Waals surface area contributed by atoms with Crippen LogP contribution in [0.1, 0.15) is 27.3 Å². The zero-order valence-electron chi connectivity index (χ0n) is 20.3.